The molecule has 1 atom stereocenters. The third kappa shape index (κ3) is 3.81. The summed E-state index contributed by atoms with van der Waals surface area (Å²) in [5.74, 6) is -0.627. The summed E-state index contributed by atoms with van der Waals surface area (Å²) in [5.41, 5.74) is 0.719. The number of nitrogens with one attached hydrogen (secondary N) is 2. The summed E-state index contributed by atoms with van der Waals surface area (Å²) in [6.45, 7) is 0.431. The van der Waals surface area contributed by atoms with Gasteiger partial charge in [-0.05, 0) is 17.7 Å². The van der Waals surface area contributed by atoms with Gasteiger partial charge in [-0.3, -0.25) is 14.9 Å². The van der Waals surface area contributed by atoms with Crippen LogP contribution in [0.15, 0.2) is 24.3 Å². The molecule has 0 spiro atoms. The quantitative estimate of drug-likeness (QED) is 0.364. The van der Waals surface area contributed by atoms with E-state index in [2.05, 4.69) is 15.4 Å². The van der Waals surface area contributed by atoms with Crippen molar-refractivity contribution in [3.8, 4) is 0 Å². The summed E-state index contributed by atoms with van der Waals surface area (Å²) in [5, 5.41) is 16.8. The van der Waals surface area contributed by atoms with Crippen LogP contribution < -0.4 is 10.6 Å². The van der Waals surface area contributed by atoms with E-state index >= 15 is 0 Å². The predicted molar refractivity (Wildman–Crippen MR) is 79.2 cm³/mol. The number of nitro groups is 1. The van der Waals surface area contributed by atoms with Crippen LogP contribution in [-0.4, -0.2) is 36.5 Å². The van der Waals surface area contributed by atoms with Gasteiger partial charge in [0.25, 0.3) is 5.69 Å². The van der Waals surface area contributed by atoms with Crippen LogP contribution in [0.2, 0.25) is 0 Å². The fourth-order valence-corrected chi connectivity index (χ4v) is 2.08. The Labute approximate surface area is 126 Å². The molecule has 1 aromatic carbocycles. The van der Waals surface area contributed by atoms with Gasteiger partial charge in [0.05, 0.1) is 18.1 Å². The molecular weight excluding hydrogens is 290 g/mol. The second-order valence-electron chi connectivity index (χ2n) is 4.74. The molecule has 1 aliphatic rings. The van der Waals surface area contributed by atoms with Gasteiger partial charge in [0.15, 0.2) is 0 Å². The Bertz CT molecular complexity index is 641. The largest absolute Gasteiger partial charge is 0.466 e. The molecule has 1 heterocycles. The average molecular weight is 305 g/mol. The van der Waals surface area contributed by atoms with E-state index in [0.717, 1.165) is 0 Å². The molecule has 8 nitrogen and oxygen atoms in total. The van der Waals surface area contributed by atoms with Gasteiger partial charge in [-0.25, -0.2) is 4.79 Å². The molecule has 1 unspecified atom stereocenters. The van der Waals surface area contributed by atoms with Crippen LogP contribution in [0.4, 0.5) is 11.4 Å². The Kier molecular flexibility index (Phi) is 4.72. The number of amides is 1. The Hall–Kier alpha value is -2.90. The third-order valence-corrected chi connectivity index (χ3v) is 3.17. The van der Waals surface area contributed by atoms with Crippen LogP contribution in [0.25, 0.3) is 6.08 Å². The summed E-state index contributed by atoms with van der Waals surface area (Å²) < 4.78 is 4.46. The number of methoxy groups -OCH3 is 1. The first-order valence-corrected chi connectivity index (χ1v) is 6.57. The second-order valence-corrected chi connectivity index (χ2v) is 4.74. The van der Waals surface area contributed by atoms with Gasteiger partial charge >= 0.3 is 5.97 Å². The van der Waals surface area contributed by atoms with E-state index in [1.54, 1.807) is 12.1 Å². The van der Waals surface area contributed by atoms with Crippen molar-refractivity contribution in [3.05, 3.63) is 40.0 Å². The van der Waals surface area contributed by atoms with Gasteiger partial charge in [-0.2, -0.15) is 0 Å². The van der Waals surface area contributed by atoms with E-state index in [1.165, 1.54) is 25.3 Å². The summed E-state index contributed by atoms with van der Waals surface area (Å²) in [6.07, 6.45) is 2.90. The molecular formula is C14H15N3O5. The monoisotopic (exact) mass is 305 g/mol. The van der Waals surface area contributed by atoms with E-state index in [9.17, 15) is 19.7 Å². The van der Waals surface area contributed by atoms with Gasteiger partial charge in [-0.1, -0.05) is 6.07 Å². The van der Waals surface area contributed by atoms with Crippen LogP contribution in [0.3, 0.4) is 0 Å². The van der Waals surface area contributed by atoms with Crippen LogP contribution in [0.5, 0.6) is 0 Å². The number of nitrogens with zero attached hydrogens (tertiary/aromatic N) is 1. The maximum atomic E-state index is 11.2. The lowest BCUT2D eigenvalue weighted by Gasteiger charge is -2.12. The highest BCUT2D eigenvalue weighted by Crippen LogP contribution is 2.27. The number of benzene rings is 1. The van der Waals surface area contributed by atoms with Crippen molar-refractivity contribution < 1.29 is 19.2 Å². The van der Waals surface area contributed by atoms with E-state index < -0.39 is 10.9 Å². The number of carbonyl (C=O) groups is 2. The fraction of sp³-hybridized carbons (Fsp3) is 0.286. The number of carbonyl (C=O) groups excluding carboxylic acids is 2. The zero-order valence-electron chi connectivity index (χ0n) is 11.9. The lowest BCUT2D eigenvalue weighted by molar-refractivity contribution is -0.384. The van der Waals surface area contributed by atoms with Gasteiger partial charge in [-0.15, -0.1) is 0 Å². The Morgan fingerprint density at radius 3 is 2.91 bits per heavy atom. The van der Waals surface area contributed by atoms with E-state index in [4.69, 9.17) is 0 Å². The number of hydrogen-bond acceptors (Lipinski definition) is 6. The van der Waals surface area contributed by atoms with Crippen molar-refractivity contribution in [2.45, 2.75) is 12.5 Å². The first kappa shape index (κ1) is 15.5. The molecule has 2 N–H and O–H groups in total. The molecule has 1 aliphatic heterocycles. The van der Waals surface area contributed by atoms with Crippen molar-refractivity contribution >= 4 is 29.3 Å². The molecule has 0 saturated carbocycles. The highest BCUT2D eigenvalue weighted by atomic mass is 16.6. The number of rotatable bonds is 5. The van der Waals surface area contributed by atoms with E-state index in [-0.39, 0.29) is 24.1 Å². The molecule has 1 fully saturated rings. The predicted octanol–water partition coefficient (Wildman–Crippen LogP) is 1.08. The minimum Gasteiger partial charge on any atom is -0.466 e. The van der Waals surface area contributed by atoms with Crippen LogP contribution in [-0.2, 0) is 14.3 Å². The zero-order chi connectivity index (χ0) is 16.1. The van der Waals surface area contributed by atoms with Crippen LogP contribution in [0, 0.1) is 10.1 Å². The molecule has 116 valence electrons. The Morgan fingerprint density at radius 2 is 2.32 bits per heavy atom. The third-order valence-electron chi connectivity index (χ3n) is 3.17. The number of ether oxygens (including phenoxy) is 1. The minimum atomic E-state index is -0.541. The number of hydrogen-bond donors (Lipinski definition) is 2. The van der Waals surface area contributed by atoms with Gasteiger partial charge in [0.1, 0.15) is 5.69 Å². The highest BCUT2D eigenvalue weighted by molar-refractivity contribution is 5.87. The molecule has 0 aromatic heterocycles. The normalized spacial score (nSPS) is 17.3. The van der Waals surface area contributed by atoms with Crippen molar-refractivity contribution in [2.75, 3.05) is 19.0 Å². The number of esters is 1. The second kappa shape index (κ2) is 6.70. The summed E-state index contributed by atoms with van der Waals surface area (Å²) in [6, 6.07) is 4.37. The summed E-state index contributed by atoms with van der Waals surface area (Å²) in [7, 11) is 1.25. The van der Waals surface area contributed by atoms with Crippen molar-refractivity contribution in [2.24, 2.45) is 0 Å². The van der Waals surface area contributed by atoms with Crippen LogP contribution >= 0.6 is 0 Å². The maximum absolute atomic E-state index is 11.2. The molecule has 2 rings (SSSR count). The molecule has 8 heteroatoms. The topological polar surface area (TPSA) is 111 Å². The molecule has 1 aromatic rings. The molecule has 1 saturated heterocycles. The van der Waals surface area contributed by atoms with Crippen molar-refractivity contribution in [1.82, 2.24) is 5.32 Å². The molecule has 0 aliphatic carbocycles. The molecule has 1 amide bonds. The molecule has 22 heavy (non-hydrogen) atoms. The lowest BCUT2D eigenvalue weighted by Crippen LogP contribution is -2.22. The van der Waals surface area contributed by atoms with Crippen molar-refractivity contribution in [1.29, 1.82) is 0 Å². The van der Waals surface area contributed by atoms with Gasteiger partial charge < -0.3 is 15.4 Å². The summed E-state index contributed by atoms with van der Waals surface area (Å²) in [4.78, 5) is 32.9. The fourth-order valence-electron chi connectivity index (χ4n) is 2.08. The average Bonchev–Trinajstić information content (AvgIpc) is 2.90. The highest BCUT2D eigenvalue weighted by Gasteiger charge is 2.24. The van der Waals surface area contributed by atoms with Crippen molar-refractivity contribution in [3.63, 3.8) is 0 Å². The Morgan fingerprint density at radius 1 is 1.55 bits per heavy atom. The van der Waals surface area contributed by atoms with Gasteiger partial charge in [0.2, 0.25) is 5.91 Å². The maximum Gasteiger partial charge on any atom is 0.330 e. The molecule has 0 bridgehead atoms. The Balaban J connectivity index is 2.20. The first-order valence-electron chi connectivity index (χ1n) is 6.57. The summed E-state index contributed by atoms with van der Waals surface area (Å²) >= 11 is 0. The standard InChI is InChI=1S/C14H15N3O5/c1-22-14(19)5-3-9-2-4-11(12(6-9)17(20)21)16-10-7-13(18)15-8-10/h2-6,10,16H,7-8H2,1H3,(H,15,18). The van der Waals surface area contributed by atoms with E-state index in [1.807, 2.05) is 0 Å². The smallest absolute Gasteiger partial charge is 0.330 e. The SMILES string of the molecule is COC(=O)C=Cc1ccc(NC2CNC(=O)C2)c([N+](=O)[O-])c1. The van der Waals surface area contributed by atoms with Gasteiger partial charge in [0, 0.05) is 25.1 Å². The number of anilines is 1. The molecule has 0 radical (unpaired) electrons. The van der Waals surface area contributed by atoms with E-state index in [0.29, 0.717) is 17.8 Å². The van der Waals surface area contributed by atoms with Crippen LogP contribution in [0.1, 0.15) is 12.0 Å². The first-order chi connectivity index (χ1) is 10.5. The lowest BCUT2D eigenvalue weighted by atomic mass is 10.1. The minimum absolute atomic E-state index is 0.0854. The zero-order valence-corrected chi connectivity index (χ0v) is 11.9. The number of nitro benzene ring substituents is 1.